The highest BCUT2D eigenvalue weighted by molar-refractivity contribution is 6.49. The van der Waals surface area contributed by atoms with Crippen molar-refractivity contribution in [1.29, 1.82) is 0 Å². The SMILES string of the molecule is CC(C)N(C(=O)C=CC1=C(Cl)c2ccccc2CC1)C(C)C. The quantitative estimate of drug-likeness (QED) is 0.731. The van der Waals surface area contributed by atoms with Gasteiger partial charge in [-0.2, -0.15) is 0 Å². The topological polar surface area (TPSA) is 20.3 Å². The summed E-state index contributed by atoms with van der Waals surface area (Å²) in [6.45, 7) is 8.15. The van der Waals surface area contributed by atoms with Crippen LogP contribution in [0.25, 0.3) is 5.03 Å². The number of benzene rings is 1. The van der Waals surface area contributed by atoms with E-state index in [2.05, 4.69) is 6.07 Å². The van der Waals surface area contributed by atoms with Crippen molar-refractivity contribution in [3.05, 3.63) is 53.1 Å². The Balaban J connectivity index is 2.22. The molecule has 2 nitrogen and oxygen atoms in total. The first-order chi connectivity index (χ1) is 10.4. The molecule has 0 fully saturated rings. The zero-order valence-corrected chi connectivity index (χ0v) is 14.5. The molecule has 0 N–H and O–H groups in total. The van der Waals surface area contributed by atoms with E-state index in [1.165, 1.54) is 5.56 Å². The van der Waals surface area contributed by atoms with Crippen LogP contribution in [0.3, 0.4) is 0 Å². The Morgan fingerprint density at radius 2 is 1.77 bits per heavy atom. The number of fused-ring (bicyclic) bond motifs is 1. The Morgan fingerprint density at radius 3 is 2.41 bits per heavy atom. The van der Waals surface area contributed by atoms with E-state index in [4.69, 9.17) is 11.6 Å². The molecule has 3 heteroatoms. The van der Waals surface area contributed by atoms with Gasteiger partial charge in [0.05, 0.1) is 5.03 Å². The fraction of sp³-hybridized carbons (Fsp3) is 0.421. The number of rotatable bonds is 4. The van der Waals surface area contributed by atoms with Crippen LogP contribution in [0.1, 0.15) is 45.2 Å². The van der Waals surface area contributed by atoms with Gasteiger partial charge in [0.2, 0.25) is 5.91 Å². The number of carbonyl (C=O) groups is 1. The second kappa shape index (κ2) is 7.15. The van der Waals surface area contributed by atoms with Gasteiger partial charge in [0.25, 0.3) is 0 Å². The highest BCUT2D eigenvalue weighted by atomic mass is 35.5. The largest absolute Gasteiger partial charge is 0.334 e. The fourth-order valence-corrected chi connectivity index (χ4v) is 3.37. The number of hydrogen-bond acceptors (Lipinski definition) is 1. The van der Waals surface area contributed by atoms with Gasteiger partial charge in [-0.05, 0) is 57.2 Å². The van der Waals surface area contributed by atoms with Crippen molar-refractivity contribution in [2.75, 3.05) is 0 Å². The summed E-state index contributed by atoms with van der Waals surface area (Å²) in [7, 11) is 0. The van der Waals surface area contributed by atoms with Crippen molar-refractivity contribution < 1.29 is 4.79 Å². The summed E-state index contributed by atoms with van der Waals surface area (Å²) < 4.78 is 0. The Morgan fingerprint density at radius 1 is 1.14 bits per heavy atom. The molecule has 1 aromatic rings. The Labute approximate surface area is 138 Å². The Bertz CT molecular complexity index is 606. The lowest BCUT2D eigenvalue weighted by molar-refractivity contribution is -0.129. The molecule has 118 valence electrons. The molecule has 0 saturated carbocycles. The van der Waals surface area contributed by atoms with Gasteiger partial charge in [-0.15, -0.1) is 0 Å². The zero-order valence-electron chi connectivity index (χ0n) is 13.8. The first-order valence-electron chi connectivity index (χ1n) is 7.89. The van der Waals surface area contributed by atoms with Gasteiger partial charge in [-0.25, -0.2) is 0 Å². The summed E-state index contributed by atoms with van der Waals surface area (Å²) >= 11 is 6.50. The van der Waals surface area contributed by atoms with E-state index in [0.29, 0.717) is 0 Å². The van der Waals surface area contributed by atoms with Crippen LogP contribution in [0.15, 0.2) is 42.0 Å². The molecule has 0 aromatic heterocycles. The lowest BCUT2D eigenvalue weighted by Crippen LogP contribution is -2.41. The molecule has 1 aliphatic rings. The van der Waals surface area contributed by atoms with E-state index in [1.54, 1.807) is 6.08 Å². The first kappa shape index (κ1) is 16.8. The molecule has 0 heterocycles. The van der Waals surface area contributed by atoms with Crippen LogP contribution in [0.5, 0.6) is 0 Å². The lowest BCUT2D eigenvalue weighted by Gasteiger charge is -2.29. The van der Waals surface area contributed by atoms with Crippen LogP contribution < -0.4 is 0 Å². The lowest BCUT2D eigenvalue weighted by atomic mass is 9.92. The molecule has 0 aliphatic heterocycles. The van der Waals surface area contributed by atoms with Crippen molar-refractivity contribution in [1.82, 2.24) is 4.90 Å². The van der Waals surface area contributed by atoms with E-state index >= 15 is 0 Å². The summed E-state index contributed by atoms with van der Waals surface area (Å²) in [4.78, 5) is 14.3. The molecular weight excluding hydrogens is 294 g/mol. The molecule has 1 amide bonds. The van der Waals surface area contributed by atoms with Gasteiger partial charge in [-0.3, -0.25) is 4.79 Å². The first-order valence-corrected chi connectivity index (χ1v) is 8.27. The maximum Gasteiger partial charge on any atom is 0.247 e. The maximum absolute atomic E-state index is 12.4. The minimum absolute atomic E-state index is 0.0424. The van der Waals surface area contributed by atoms with Crippen LogP contribution in [0.2, 0.25) is 0 Å². The standard InChI is InChI=1S/C19H24ClNO/c1-13(2)21(14(3)4)18(22)12-11-16-10-9-15-7-5-6-8-17(15)19(16)20/h5-8,11-14H,9-10H2,1-4H3. The molecule has 1 aromatic carbocycles. The summed E-state index contributed by atoms with van der Waals surface area (Å²) in [5, 5.41) is 0.770. The molecule has 0 saturated heterocycles. The van der Waals surface area contributed by atoms with Crippen LogP contribution in [-0.4, -0.2) is 22.9 Å². The van der Waals surface area contributed by atoms with Gasteiger partial charge < -0.3 is 4.90 Å². The van der Waals surface area contributed by atoms with Gasteiger partial charge >= 0.3 is 0 Å². The van der Waals surface area contributed by atoms with Gasteiger partial charge in [0, 0.05) is 18.2 Å². The monoisotopic (exact) mass is 317 g/mol. The molecule has 22 heavy (non-hydrogen) atoms. The van der Waals surface area contributed by atoms with Gasteiger partial charge in [0.15, 0.2) is 0 Å². The van der Waals surface area contributed by atoms with Crippen molar-refractivity contribution in [2.45, 2.75) is 52.6 Å². The minimum atomic E-state index is 0.0424. The molecule has 0 bridgehead atoms. The molecule has 2 rings (SSSR count). The van der Waals surface area contributed by atoms with E-state index in [9.17, 15) is 4.79 Å². The van der Waals surface area contributed by atoms with Crippen molar-refractivity contribution in [3.63, 3.8) is 0 Å². The Kier molecular flexibility index (Phi) is 5.47. The predicted molar refractivity (Wildman–Crippen MR) is 93.8 cm³/mol. The van der Waals surface area contributed by atoms with Crippen LogP contribution >= 0.6 is 11.6 Å². The fourth-order valence-electron chi connectivity index (χ4n) is 3.02. The number of carbonyl (C=O) groups excluding carboxylic acids is 1. The van der Waals surface area contributed by atoms with Crippen molar-refractivity contribution >= 4 is 22.5 Å². The molecule has 0 radical (unpaired) electrons. The summed E-state index contributed by atoms with van der Waals surface area (Å²) in [5.41, 5.74) is 3.41. The van der Waals surface area contributed by atoms with Crippen molar-refractivity contribution in [2.24, 2.45) is 0 Å². The number of halogens is 1. The molecule has 0 unspecified atom stereocenters. The number of hydrogen-bond donors (Lipinski definition) is 0. The Hall–Kier alpha value is -1.54. The third kappa shape index (κ3) is 3.61. The minimum Gasteiger partial charge on any atom is -0.334 e. The average Bonchev–Trinajstić information content (AvgIpc) is 2.46. The van der Waals surface area contributed by atoms with E-state index in [0.717, 1.165) is 29.0 Å². The zero-order chi connectivity index (χ0) is 16.3. The third-order valence-corrected chi connectivity index (χ3v) is 4.44. The second-order valence-corrected chi connectivity index (χ2v) is 6.64. The highest BCUT2D eigenvalue weighted by Crippen LogP contribution is 2.34. The summed E-state index contributed by atoms with van der Waals surface area (Å²) in [6.07, 6.45) is 5.39. The van der Waals surface area contributed by atoms with Gasteiger partial charge in [-0.1, -0.05) is 41.9 Å². The normalized spacial score (nSPS) is 14.9. The number of amides is 1. The van der Waals surface area contributed by atoms with E-state index in [1.807, 2.05) is 56.9 Å². The van der Waals surface area contributed by atoms with Gasteiger partial charge in [0.1, 0.15) is 0 Å². The van der Waals surface area contributed by atoms with Crippen molar-refractivity contribution in [3.8, 4) is 0 Å². The van der Waals surface area contributed by atoms with Crippen LogP contribution in [0, 0.1) is 0 Å². The smallest absolute Gasteiger partial charge is 0.247 e. The van der Waals surface area contributed by atoms with E-state index in [-0.39, 0.29) is 18.0 Å². The number of nitrogens with zero attached hydrogens (tertiary/aromatic N) is 1. The summed E-state index contributed by atoms with van der Waals surface area (Å²) in [5.74, 6) is 0.0424. The molecule has 1 aliphatic carbocycles. The maximum atomic E-state index is 12.4. The third-order valence-electron chi connectivity index (χ3n) is 3.99. The average molecular weight is 318 g/mol. The second-order valence-electron chi connectivity index (χ2n) is 6.26. The highest BCUT2D eigenvalue weighted by Gasteiger charge is 2.19. The number of aryl methyl sites for hydroxylation is 1. The summed E-state index contributed by atoms with van der Waals surface area (Å²) in [6, 6.07) is 8.57. The number of allylic oxidation sites excluding steroid dienone is 2. The van der Waals surface area contributed by atoms with E-state index < -0.39 is 0 Å². The van der Waals surface area contributed by atoms with Crippen LogP contribution in [0.4, 0.5) is 0 Å². The molecular formula is C19H24ClNO. The molecule has 0 atom stereocenters. The predicted octanol–water partition coefficient (Wildman–Crippen LogP) is 4.78. The molecule has 0 spiro atoms. The van der Waals surface area contributed by atoms with Crippen LogP contribution in [-0.2, 0) is 11.2 Å².